The van der Waals surface area contributed by atoms with Gasteiger partial charge in [-0.05, 0) is 54.9 Å². The molecule has 0 fully saturated rings. The molecule has 0 aromatic carbocycles. The predicted octanol–water partition coefficient (Wildman–Crippen LogP) is 3.46. The van der Waals surface area contributed by atoms with Crippen molar-refractivity contribution in [3.05, 3.63) is 28.5 Å². The molecule has 1 rings (SSSR count). The van der Waals surface area contributed by atoms with Crippen molar-refractivity contribution in [1.82, 2.24) is 9.88 Å². The minimum Gasteiger partial charge on any atom is -0.295 e. The molecular weight excluding hydrogens is 252 g/mol. The molecule has 1 heterocycles. The summed E-state index contributed by atoms with van der Waals surface area (Å²) in [6, 6.07) is 4.71. The molecule has 0 atom stereocenters. The monoisotopic (exact) mass is 270 g/mol. The minimum atomic E-state index is 0.579. The average molecular weight is 271 g/mol. The zero-order chi connectivity index (χ0) is 11.3. The van der Waals surface area contributed by atoms with E-state index in [4.69, 9.17) is 0 Å². The summed E-state index contributed by atoms with van der Waals surface area (Å²) in [5, 5.41) is 0. The van der Waals surface area contributed by atoms with Crippen molar-refractivity contribution in [1.29, 1.82) is 0 Å². The lowest BCUT2D eigenvalue weighted by Crippen LogP contribution is -2.31. The zero-order valence-electron chi connectivity index (χ0n) is 9.70. The number of pyridine rings is 1. The summed E-state index contributed by atoms with van der Waals surface area (Å²) in [6.07, 6.45) is 3.05. The Balaban J connectivity index is 2.61. The molecule has 84 valence electrons. The van der Waals surface area contributed by atoms with Crippen molar-refractivity contribution in [3.63, 3.8) is 0 Å². The Labute approximate surface area is 101 Å². The molecule has 0 bridgehead atoms. The van der Waals surface area contributed by atoms with Crippen molar-refractivity contribution >= 4 is 15.9 Å². The molecule has 2 nitrogen and oxygen atoms in total. The van der Waals surface area contributed by atoms with Crippen LogP contribution in [0.5, 0.6) is 0 Å². The molecule has 1 aromatic heterocycles. The van der Waals surface area contributed by atoms with E-state index in [9.17, 15) is 0 Å². The normalized spacial score (nSPS) is 11.3. The third-order valence-corrected chi connectivity index (χ3v) is 2.86. The molecule has 0 aliphatic carbocycles. The van der Waals surface area contributed by atoms with E-state index in [1.165, 1.54) is 6.42 Å². The maximum absolute atomic E-state index is 4.39. The second-order valence-electron chi connectivity index (χ2n) is 4.03. The van der Waals surface area contributed by atoms with E-state index < -0.39 is 0 Å². The van der Waals surface area contributed by atoms with E-state index in [0.29, 0.717) is 6.04 Å². The lowest BCUT2D eigenvalue weighted by Gasteiger charge is -2.25. The first kappa shape index (κ1) is 12.7. The first-order valence-corrected chi connectivity index (χ1v) is 6.27. The summed E-state index contributed by atoms with van der Waals surface area (Å²) in [5.74, 6) is 0. The van der Waals surface area contributed by atoms with Crippen molar-refractivity contribution in [2.75, 3.05) is 6.54 Å². The van der Waals surface area contributed by atoms with Crippen LogP contribution in [0, 0.1) is 0 Å². The summed E-state index contributed by atoms with van der Waals surface area (Å²) in [7, 11) is 0. The first-order valence-electron chi connectivity index (χ1n) is 5.48. The van der Waals surface area contributed by atoms with Gasteiger partial charge in [0.2, 0.25) is 0 Å². The van der Waals surface area contributed by atoms with Crippen molar-refractivity contribution in [2.24, 2.45) is 0 Å². The predicted molar refractivity (Wildman–Crippen MR) is 67.8 cm³/mol. The van der Waals surface area contributed by atoms with Gasteiger partial charge in [-0.25, -0.2) is 0 Å². The van der Waals surface area contributed by atoms with Crippen LogP contribution >= 0.6 is 15.9 Å². The van der Waals surface area contributed by atoms with Crippen molar-refractivity contribution in [2.45, 2.75) is 39.8 Å². The van der Waals surface area contributed by atoms with Gasteiger partial charge in [-0.3, -0.25) is 9.88 Å². The number of hydrogen-bond donors (Lipinski definition) is 0. The summed E-state index contributed by atoms with van der Waals surface area (Å²) in [6.45, 7) is 8.75. The summed E-state index contributed by atoms with van der Waals surface area (Å²) in [4.78, 5) is 6.83. The maximum Gasteiger partial charge on any atom is 0.0544 e. The molecule has 0 saturated heterocycles. The number of hydrogen-bond acceptors (Lipinski definition) is 2. The lowest BCUT2D eigenvalue weighted by atomic mass is 10.2. The molecular formula is C12H19BrN2. The van der Waals surface area contributed by atoms with Crippen LogP contribution in [0.2, 0.25) is 0 Å². The molecule has 0 amide bonds. The van der Waals surface area contributed by atoms with Gasteiger partial charge in [0.1, 0.15) is 0 Å². The largest absolute Gasteiger partial charge is 0.295 e. The van der Waals surface area contributed by atoms with E-state index in [1.54, 1.807) is 0 Å². The van der Waals surface area contributed by atoms with Crippen LogP contribution in [0.25, 0.3) is 0 Å². The van der Waals surface area contributed by atoms with Crippen LogP contribution in [-0.4, -0.2) is 22.5 Å². The highest BCUT2D eigenvalue weighted by molar-refractivity contribution is 9.10. The third kappa shape index (κ3) is 4.31. The fourth-order valence-electron chi connectivity index (χ4n) is 1.52. The Morgan fingerprint density at radius 1 is 1.40 bits per heavy atom. The molecule has 0 aliphatic heterocycles. The van der Waals surface area contributed by atoms with E-state index in [-0.39, 0.29) is 0 Å². The molecule has 0 saturated carbocycles. The van der Waals surface area contributed by atoms with Gasteiger partial charge < -0.3 is 0 Å². The molecule has 15 heavy (non-hydrogen) atoms. The van der Waals surface area contributed by atoms with Gasteiger partial charge in [-0.1, -0.05) is 6.92 Å². The van der Waals surface area contributed by atoms with Crippen LogP contribution in [0.4, 0.5) is 0 Å². The van der Waals surface area contributed by atoms with Gasteiger partial charge in [0.05, 0.1) is 5.69 Å². The zero-order valence-corrected chi connectivity index (χ0v) is 11.3. The van der Waals surface area contributed by atoms with Crippen LogP contribution in [0.15, 0.2) is 22.8 Å². The number of aromatic nitrogens is 1. The van der Waals surface area contributed by atoms with Gasteiger partial charge >= 0.3 is 0 Å². The highest BCUT2D eigenvalue weighted by Crippen LogP contribution is 2.10. The maximum atomic E-state index is 4.39. The summed E-state index contributed by atoms with van der Waals surface area (Å²) in [5.41, 5.74) is 1.14. The van der Waals surface area contributed by atoms with E-state index >= 15 is 0 Å². The number of nitrogens with zero attached hydrogens (tertiary/aromatic N) is 2. The highest BCUT2D eigenvalue weighted by atomic mass is 79.9. The third-order valence-electron chi connectivity index (χ3n) is 2.39. The SMILES string of the molecule is CCCN(Cc1ccc(Br)cn1)C(C)C. The molecule has 0 spiro atoms. The van der Waals surface area contributed by atoms with E-state index in [2.05, 4.69) is 52.7 Å². The fraction of sp³-hybridized carbons (Fsp3) is 0.583. The van der Waals surface area contributed by atoms with Gasteiger partial charge in [-0.15, -0.1) is 0 Å². The molecule has 0 unspecified atom stereocenters. The van der Waals surface area contributed by atoms with E-state index in [0.717, 1.165) is 23.3 Å². The smallest absolute Gasteiger partial charge is 0.0544 e. The fourth-order valence-corrected chi connectivity index (χ4v) is 1.75. The Morgan fingerprint density at radius 3 is 2.60 bits per heavy atom. The molecule has 1 aromatic rings. The molecule has 0 aliphatic rings. The Bertz CT molecular complexity index is 282. The Morgan fingerprint density at radius 2 is 2.13 bits per heavy atom. The average Bonchev–Trinajstić information content (AvgIpc) is 2.20. The Hall–Kier alpha value is -0.410. The molecule has 3 heteroatoms. The van der Waals surface area contributed by atoms with Crippen LogP contribution in [0.1, 0.15) is 32.9 Å². The van der Waals surface area contributed by atoms with Gasteiger partial charge in [0, 0.05) is 23.3 Å². The van der Waals surface area contributed by atoms with E-state index in [1.807, 2.05) is 12.3 Å². The summed E-state index contributed by atoms with van der Waals surface area (Å²) >= 11 is 3.40. The lowest BCUT2D eigenvalue weighted by molar-refractivity contribution is 0.211. The molecule has 0 radical (unpaired) electrons. The second kappa shape index (κ2) is 6.23. The number of rotatable bonds is 5. The van der Waals surface area contributed by atoms with Crippen LogP contribution in [-0.2, 0) is 6.54 Å². The minimum absolute atomic E-state index is 0.579. The Kier molecular flexibility index (Phi) is 5.26. The van der Waals surface area contributed by atoms with Crippen molar-refractivity contribution in [3.8, 4) is 0 Å². The van der Waals surface area contributed by atoms with Gasteiger partial charge in [-0.2, -0.15) is 0 Å². The summed E-state index contributed by atoms with van der Waals surface area (Å²) < 4.78 is 1.04. The number of halogens is 1. The van der Waals surface area contributed by atoms with Crippen LogP contribution in [0.3, 0.4) is 0 Å². The quantitative estimate of drug-likeness (QED) is 0.815. The standard InChI is InChI=1S/C12H19BrN2/c1-4-7-15(10(2)3)9-12-6-5-11(13)8-14-12/h5-6,8,10H,4,7,9H2,1-3H3. The highest BCUT2D eigenvalue weighted by Gasteiger charge is 2.09. The van der Waals surface area contributed by atoms with Crippen LogP contribution < -0.4 is 0 Å². The molecule has 0 N–H and O–H groups in total. The first-order chi connectivity index (χ1) is 7.13. The topological polar surface area (TPSA) is 16.1 Å². The second-order valence-corrected chi connectivity index (χ2v) is 4.95. The van der Waals surface area contributed by atoms with Crippen molar-refractivity contribution < 1.29 is 0 Å². The van der Waals surface area contributed by atoms with Gasteiger partial charge in [0.25, 0.3) is 0 Å². The van der Waals surface area contributed by atoms with Gasteiger partial charge in [0.15, 0.2) is 0 Å².